The normalized spacial score (nSPS) is 11.7. The number of ether oxygens (including phenoxy) is 4. The van der Waals surface area contributed by atoms with E-state index in [1.165, 1.54) is 0 Å². The van der Waals surface area contributed by atoms with Crippen LogP contribution < -0.4 is 9.47 Å². The summed E-state index contributed by atoms with van der Waals surface area (Å²) in [5.41, 5.74) is 14.0. The van der Waals surface area contributed by atoms with E-state index < -0.39 is 0 Å². The van der Waals surface area contributed by atoms with Crippen molar-refractivity contribution in [3.8, 4) is 56.0 Å². The van der Waals surface area contributed by atoms with E-state index >= 15 is 0 Å². The van der Waals surface area contributed by atoms with Gasteiger partial charge < -0.3 is 28.9 Å². The minimum Gasteiger partial charge on any atom is -0.497 e. The van der Waals surface area contributed by atoms with Crippen molar-refractivity contribution in [2.45, 2.75) is 13.8 Å². The summed E-state index contributed by atoms with van der Waals surface area (Å²) in [5.74, 6) is 0.654. The van der Waals surface area contributed by atoms with Gasteiger partial charge in [0.1, 0.15) is 11.5 Å². The number of rotatable bonds is 10. The Hall–Kier alpha value is -7.98. The van der Waals surface area contributed by atoms with E-state index in [2.05, 4.69) is 22.1 Å². The van der Waals surface area contributed by atoms with Crippen LogP contribution in [0.5, 0.6) is 11.5 Å². The molecular formula is C52H42N4O6. The van der Waals surface area contributed by atoms with Gasteiger partial charge >= 0.3 is 11.9 Å². The van der Waals surface area contributed by atoms with Gasteiger partial charge in [-0.15, -0.1) is 0 Å². The zero-order valence-corrected chi connectivity index (χ0v) is 34.6. The van der Waals surface area contributed by atoms with Crippen molar-refractivity contribution < 1.29 is 28.5 Å². The maximum Gasteiger partial charge on any atom is 0.338 e. The molecule has 2 aliphatic heterocycles. The lowest BCUT2D eigenvalue weighted by molar-refractivity contribution is 0.0517. The molecule has 0 aliphatic carbocycles. The van der Waals surface area contributed by atoms with Gasteiger partial charge in [0.05, 0.1) is 61.3 Å². The number of carbonyl (C=O) groups is 2. The van der Waals surface area contributed by atoms with Crippen LogP contribution in [-0.2, 0) is 9.47 Å². The molecule has 10 nitrogen and oxygen atoms in total. The van der Waals surface area contributed by atoms with E-state index in [0.717, 1.165) is 89.4 Å². The molecule has 0 fully saturated rings. The Balaban J connectivity index is 1.41. The number of nitrogens with one attached hydrogen (secondary N) is 2. The largest absolute Gasteiger partial charge is 0.497 e. The molecule has 2 N–H and O–H groups in total. The molecule has 2 aliphatic rings. The number of esters is 2. The van der Waals surface area contributed by atoms with E-state index in [1.807, 2.05) is 109 Å². The third-order valence-corrected chi connectivity index (χ3v) is 10.8. The minimum atomic E-state index is -0.381. The third kappa shape index (κ3) is 7.54. The number of nitrogens with zero attached hydrogens (tertiary/aromatic N) is 2. The molecule has 8 bridgehead atoms. The predicted molar refractivity (Wildman–Crippen MR) is 246 cm³/mol. The highest BCUT2D eigenvalue weighted by Crippen LogP contribution is 2.39. The van der Waals surface area contributed by atoms with Gasteiger partial charge in [0.15, 0.2) is 0 Å². The lowest BCUT2D eigenvalue weighted by atomic mass is 10.0. The molecule has 62 heavy (non-hydrogen) atoms. The van der Waals surface area contributed by atoms with E-state index in [0.29, 0.717) is 22.6 Å². The first-order valence-electron chi connectivity index (χ1n) is 20.4. The van der Waals surface area contributed by atoms with E-state index in [1.54, 1.807) is 52.3 Å². The smallest absolute Gasteiger partial charge is 0.338 e. The first-order chi connectivity index (χ1) is 30.3. The average molecular weight is 819 g/mol. The van der Waals surface area contributed by atoms with Crippen molar-refractivity contribution in [3.05, 3.63) is 155 Å². The van der Waals surface area contributed by atoms with Crippen molar-refractivity contribution in [2.75, 3.05) is 27.4 Å². The third-order valence-electron chi connectivity index (χ3n) is 10.8. The van der Waals surface area contributed by atoms with Crippen molar-refractivity contribution in [2.24, 2.45) is 0 Å². The number of aromatic nitrogens is 4. The summed E-state index contributed by atoms with van der Waals surface area (Å²) >= 11 is 0. The maximum atomic E-state index is 12.7. The van der Waals surface area contributed by atoms with E-state index in [4.69, 9.17) is 28.9 Å². The molecule has 306 valence electrons. The summed E-state index contributed by atoms with van der Waals surface area (Å²) in [5, 5.41) is 0. The molecule has 9 rings (SSSR count). The Kier molecular flexibility index (Phi) is 10.8. The summed E-state index contributed by atoms with van der Waals surface area (Å²) in [6.45, 7) is 4.15. The van der Waals surface area contributed by atoms with E-state index in [-0.39, 0.29) is 25.2 Å². The van der Waals surface area contributed by atoms with Gasteiger partial charge in [0.2, 0.25) is 0 Å². The molecule has 0 atom stereocenters. The van der Waals surface area contributed by atoms with Crippen molar-refractivity contribution in [1.29, 1.82) is 0 Å². The highest BCUT2D eigenvalue weighted by molar-refractivity contribution is 6.01. The Labute approximate surface area is 358 Å². The highest BCUT2D eigenvalue weighted by atomic mass is 16.5. The second kappa shape index (κ2) is 16.9. The standard InChI is InChI=1S/C52H42N4O6/c1-5-61-51(57)33-17-13-31(14-18-33)47-39-21-25-43(53-39)49(35-9-7-11-37(29-35)59-3)45-27-23-41(55-45)48(32-15-19-34(20-16-32)52(58)62-6-2)42-24-28-46(56-42)50(44-26-22-40(47)54-44)36-10-8-12-38(30-36)60-4/h7-30,53,56H,5-6H2,1-4H3. The monoisotopic (exact) mass is 818 g/mol. The van der Waals surface area contributed by atoms with E-state index in [9.17, 15) is 9.59 Å². The number of carbonyl (C=O) groups excluding carboxylic acids is 2. The lowest BCUT2D eigenvalue weighted by Crippen LogP contribution is -2.04. The SMILES string of the molecule is CCOC(=O)c1ccc(-c2c3nc(c(-c4cccc(OC)c4)c4ccc([nH]4)c(-c4ccc(C(=O)OCC)cc4)c4nc(c(-c5cccc(OC)c5)c5ccc2[nH]5)C=C4)C=C3)cc1. The second-order valence-corrected chi connectivity index (χ2v) is 14.6. The molecule has 3 aromatic heterocycles. The number of fused-ring (bicyclic) bond motifs is 8. The zero-order valence-electron chi connectivity index (χ0n) is 34.6. The number of benzene rings is 4. The molecule has 0 saturated heterocycles. The van der Waals surface area contributed by atoms with Gasteiger partial charge in [0, 0.05) is 44.3 Å². The van der Waals surface area contributed by atoms with Crippen LogP contribution in [0.2, 0.25) is 0 Å². The lowest BCUT2D eigenvalue weighted by Gasteiger charge is -2.09. The van der Waals surface area contributed by atoms with Crippen molar-refractivity contribution in [3.63, 3.8) is 0 Å². The van der Waals surface area contributed by atoms with Crippen molar-refractivity contribution in [1.82, 2.24) is 19.9 Å². The molecule has 0 amide bonds. The van der Waals surface area contributed by atoms with Gasteiger partial charge in [-0.1, -0.05) is 48.5 Å². The Bertz CT molecular complexity index is 2890. The van der Waals surface area contributed by atoms with Crippen LogP contribution in [0, 0.1) is 0 Å². The fraction of sp³-hybridized carbons (Fsp3) is 0.115. The molecule has 0 saturated carbocycles. The zero-order chi connectivity index (χ0) is 42.7. The summed E-state index contributed by atoms with van der Waals surface area (Å²) in [6.07, 6.45) is 8.09. The first kappa shape index (κ1) is 39.5. The van der Waals surface area contributed by atoms with Gasteiger partial charge in [0.25, 0.3) is 0 Å². The van der Waals surface area contributed by atoms with Gasteiger partial charge in [-0.05, 0) is 133 Å². The first-order valence-corrected chi connectivity index (χ1v) is 20.4. The number of methoxy groups -OCH3 is 2. The Morgan fingerprint density at radius 2 is 0.790 bits per heavy atom. The molecule has 0 unspecified atom stereocenters. The molecule has 5 heterocycles. The fourth-order valence-electron chi connectivity index (χ4n) is 7.95. The Morgan fingerprint density at radius 3 is 1.11 bits per heavy atom. The van der Waals surface area contributed by atoms with Gasteiger partial charge in [-0.3, -0.25) is 0 Å². The quantitative estimate of drug-likeness (QED) is 0.131. The van der Waals surface area contributed by atoms with Crippen LogP contribution in [0.25, 0.3) is 90.9 Å². The topological polar surface area (TPSA) is 128 Å². The number of aromatic amines is 2. The second-order valence-electron chi connectivity index (χ2n) is 14.6. The van der Waals surface area contributed by atoms with Crippen LogP contribution in [-0.4, -0.2) is 59.3 Å². The molecule has 0 radical (unpaired) electrons. The number of H-pyrrole nitrogens is 2. The van der Waals surface area contributed by atoms with Gasteiger partial charge in [-0.2, -0.15) is 0 Å². The summed E-state index contributed by atoms with van der Waals surface area (Å²) in [6, 6.07) is 38.9. The average Bonchev–Trinajstić information content (AvgIpc) is 4.16. The van der Waals surface area contributed by atoms with Crippen molar-refractivity contribution >= 4 is 58.3 Å². The molecule has 4 aromatic carbocycles. The predicted octanol–water partition coefficient (Wildman–Crippen LogP) is 11.7. The number of hydrogen-bond acceptors (Lipinski definition) is 8. The number of hydrogen-bond donors (Lipinski definition) is 2. The van der Waals surface area contributed by atoms with Crippen LogP contribution in [0.3, 0.4) is 0 Å². The van der Waals surface area contributed by atoms with Crippen LogP contribution >= 0.6 is 0 Å². The molecular weight excluding hydrogens is 777 g/mol. The molecule has 7 aromatic rings. The van der Waals surface area contributed by atoms with Gasteiger partial charge in [-0.25, -0.2) is 19.6 Å². The highest BCUT2D eigenvalue weighted by Gasteiger charge is 2.20. The Morgan fingerprint density at radius 1 is 0.452 bits per heavy atom. The molecule has 10 heteroatoms. The fourth-order valence-corrected chi connectivity index (χ4v) is 7.95. The summed E-state index contributed by atoms with van der Waals surface area (Å²) in [7, 11) is 3.31. The molecule has 0 spiro atoms. The van der Waals surface area contributed by atoms with Crippen LogP contribution in [0.15, 0.2) is 121 Å². The minimum absolute atomic E-state index is 0.285. The maximum absolute atomic E-state index is 12.7. The van der Waals surface area contributed by atoms with Crippen LogP contribution in [0.4, 0.5) is 0 Å². The van der Waals surface area contributed by atoms with Crippen LogP contribution in [0.1, 0.15) is 57.3 Å². The summed E-state index contributed by atoms with van der Waals surface area (Å²) < 4.78 is 22.0. The summed E-state index contributed by atoms with van der Waals surface area (Å²) in [4.78, 5) is 43.6.